The maximum absolute atomic E-state index is 11.2. The summed E-state index contributed by atoms with van der Waals surface area (Å²) in [5.74, 6) is -1.11. The lowest BCUT2D eigenvalue weighted by atomic mass is 10.2. The number of aromatic carboxylic acids is 1. The molecule has 0 bridgehead atoms. The van der Waals surface area contributed by atoms with Gasteiger partial charge in [0.15, 0.2) is 0 Å². The van der Waals surface area contributed by atoms with Crippen LogP contribution >= 0.6 is 11.6 Å². The van der Waals surface area contributed by atoms with E-state index in [4.69, 9.17) is 16.7 Å². The second-order valence-corrected chi connectivity index (χ2v) is 3.42. The highest BCUT2D eigenvalue weighted by atomic mass is 35.5. The summed E-state index contributed by atoms with van der Waals surface area (Å²) in [5.41, 5.74) is 0.203. The van der Waals surface area contributed by atoms with E-state index in [0.29, 0.717) is 0 Å². The zero-order chi connectivity index (χ0) is 12.8. The van der Waals surface area contributed by atoms with E-state index in [0.717, 1.165) is 0 Å². The van der Waals surface area contributed by atoms with Crippen LogP contribution in [0.5, 0.6) is 0 Å². The van der Waals surface area contributed by atoms with Crippen molar-refractivity contribution in [3.8, 4) is 0 Å². The van der Waals surface area contributed by atoms with E-state index < -0.39 is 12.1 Å². The van der Waals surface area contributed by atoms with E-state index in [2.05, 4.69) is 16.6 Å². The molecular weight excluding hydrogens is 246 g/mol. The normalized spacial score (nSPS) is 9.47. The van der Waals surface area contributed by atoms with Gasteiger partial charge in [-0.25, -0.2) is 9.59 Å². The van der Waals surface area contributed by atoms with Crippen molar-refractivity contribution in [2.45, 2.75) is 0 Å². The summed E-state index contributed by atoms with van der Waals surface area (Å²) in [4.78, 5) is 21.9. The van der Waals surface area contributed by atoms with Crippen molar-refractivity contribution in [3.63, 3.8) is 0 Å². The average molecular weight is 256 g/mol. The topological polar surface area (TPSA) is 75.6 Å². The van der Waals surface area contributed by atoms with Crippen LogP contribution in [-0.2, 0) is 4.74 Å². The van der Waals surface area contributed by atoms with Crippen LogP contribution in [0.25, 0.3) is 0 Å². The Balaban J connectivity index is 2.82. The molecule has 2 N–H and O–H groups in total. The predicted octanol–water partition coefficient (Wildman–Crippen LogP) is 2.77. The van der Waals surface area contributed by atoms with Crippen molar-refractivity contribution in [2.24, 2.45) is 0 Å². The van der Waals surface area contributed by atoms with Crippen molar-refractivity contribution in [3.05, 3.63) is 41.4 Å². The molecule has 5 nitrogen and oxygen atoms in total. The molecule has 0 aliphatic rings. The molecule has 1 amide bonds. The summed E-state index contributed by atoms with van der Waals surface area (Å²) >= 11 is 5.80. The molecule has 0 saturated carbocycles. The Hall–Kier alpha value is -2.01. The molecule has 1 rings (SSSR count). The van der Waals surface area contributed by atoms with Crippen LogP contribution in [0.2, 0.25) is 5.02 Å². The highest BCUT2D eigenvalue weighted by Gasteiger charge is 2.10. The van der Waals surface area contributed by atoms with Crippen LogP contribution in [0.3, 0.4) is 0 Å². The van der Waals surface area contributed by atoms with Gasteiger partial charge in [0, 0.05) is 0 Å². The van der Waals surface area contributed by atoms with Crippen LogP contribution in [0.15, 0.2) is 30.9 Å². The van der Waals surface area contributed by atoms with E-state index in [-0.39, 0.29) is 22.9 Å². The molecule has 0 aliphatic heterocycles. The van der Waals surface area contributed by atoms with Gasteiger partial charge in [-0.05, 0) is 18.2 Å². The van der Waals surface area contributed by atoms with Crippen molar-refractivity contribution in [1.29, 1.82) is 0 Å². The molecule has 0 spiro atoms. The smallest absolute Gasteiger partial charge is 0.411 e. The number of carboxylic acid groups (broad SMARTS) is 1. The maximum atomic E-state index is 11.2. The van der Waals surface area contributed by atoms with Crippen LogP contribution in [0.1, 0.15) is 10.4 Å². The van der Waals surface area contributed by atoms with Crippen molar-refractivity contribution in [1.82, 2.24) is 0 Å². The minimum atomic E-state index is -1.11. The van der Waals surface area contributed by atoms with Crippen LogP contribution < -0.4 is 5.32 Å². The minimum absolute atomic E-state index is 0.0217. The van der Waals surface area contributed by atoms with Gasteiger partial charge < -0.3 is 9.84 Å². The molecular formula is C11H10ClNO4. The summed E-state index contributed by atoms with van der Waals surface area (Å²) in [7, 11) is 0. The minimum Gasteiger partial charge on any atom is -0.478 e. The number of nitrogens with one attached hydrogen (secondary N) is 1. The van der Waals surface area contributed by atoms with Gasteiger partial charge >= 0.3 is 12.1 Å². The fourth-order valence-corrected chi connectivity index (χ4v) is 1.20. The molecule has 0 heterocycles. The molecule has 1 aromatic rings. The Labute approximate surface area is 103 Å². The van der Waals surface area contributed by atoms with Gasteiger partial charge in [0.2, 0.25) is 0 Å². The van der Waals surface area contributed by atoms with Gasteiger partial charge in [-0.15, -0.1) is 0 Å². The molecule has 17 heavy (non-hydrogen) atoms. The summed E-state index contributed by atoms with van der Waals surface area (Å²) in [6.07, 6.45) is 0.684. The zero-order valence-corrected chi connectivity index (χ0v) is 9.53. The van der Waals surface area contributed by atoms with Crippen molar-refractivity contribution >= 4 is 29.4 Å². The second kappa shape index (κ2) is 5.91. The van der Waals surface area contributed by atoms with Crippen LogP contribution in [0, 0.1) is 0 Å². The fraction of sp³-hybridized carbons (Fsp3) is 0.0909. The molecule has 0 saturated heterocycles. The summed E-state index contributed by atoms with van der Waals surface area (Å²) < 4.78 is 4.68. The van der Waals surface area contributed by atoms with Crippen LogP contribution in [-0.4, -0.2) is 23.8 Å². The second-order valence-electron chi connectivity index (χ2n) is 3.01. The number of ether oxygens (including phenoxy) is 1. The SMILES string of the molecule is C=CCOC(=O)Nc1cc(C(=O)O)ccc1Cl. The van der Waals surface area contributed by atoms with Gasteiger partial charge in [0.25, 0.3) is 0 Å². The Morgan fingerprint density at radius 2 is 2.24 bits per heavy atom. The lowest BCUT2D eigenvalue weighted by Crippen LogP contribution is -2.14. The predicted molar refractivity (Wildman–Crippen MR) is 63.6 cm³/mol. The van der Waals surface area contributed by atoms with Gasteiger partial charge in [-0.2, -0.15) is 0 Å². The molecule has 6 heteroatoms. The lowest BCUT2D eigenvalue weighted by Gasteiger charge is -2.07. The Morgan fingerprint density at radius 1 is 1.53 bits per heavy atom. The first kappa shape index (κ1) is 13.1. The number of carbonyl (C=O) groups excluding carboxylic acids is 1. The molecule has 0 atom stereocenters. The lowest BCUT2D eigenvalue weighted by molar-refractivity contribution is 0.0697. The average Bonchev–Trinajstić information content (AvgIpc) is 2.29. The van der Waals surface area contributed by atoms with Gasteiger partial charge in [-0.3, -0.25) is 5.32 Å². The number of hydrogen-bond acceptors (Lipinski definition) is 3. The van der Waals surface area contributed by atoms with Crippen molar-refractivity contribution in [2.75, 3.05) is 11.9 Å². The van der Waals surface area contributed by atoms with E-state index in [1.165, 1.54) is 24.3 Å². The zero-order valence-electron chi connectivity index (χ0n) is 8.77. The third-order valence-electron chi connectivity index (χ3n) is 1.78. The number of carbonyl (C=O) groups is 2. The molecule has 0 fully saturated rings. The third-order valence-corrected chi connectivity index (χ3v) is 2.11. The number of anilines is 1. The van der Waals surface area contributed by atoms with Crippen molar-refractivity contribution < 1.29 is 19.4 Å². The molecule has 0 aromatic heterocycles. The highest BCUT2D eigenvalue weighted by Crippen LogP contribution is 2.23. The number of halogens is 1. The standard InChI is InChI=1S/C11H10ClNO4/c1-2-5-17-11(16)13-9-6-7(10(14)15)3-4-8(9)12/h2-4,6H,1,5H2,(H,13,16)(H,14,15). The van der Waals surface area contributed by atoms with Gasteiger partial charge in [-0.1, -0.05) is 24.3 Å². The fourth-order valence-electron chi connectivity index (χ4n) is 1.03. The molecule has 90 valence electrons. The Kier molecular flexibility index (Phi) is 4.54. The molecule has 0 radical (unpaired) electrons. The number of rotatable bonds is 4. The number of amides is 1. The Morgan fingerprint density at radius 3 is 2.82 bits per heavy atom. The van der Waals surface area contributed by atoms with E-state index in [1.807, 2.05) is 0 Å². The summed E-state index contributed by atoms with van der Waals surface area (Å²) in [6, 6.07) is 3.97. The van der Waals surface area contributed by atoms with E-state index >= 15 is 0 Å². The summed E-state index contributed by atoms with van der Waals surface area (Å²) in [6.45, 7) is 3.44. The van der Waals surface area contributed by atoms with Crippen LogP contribution in [0.4, 0.5) is 10.5 Å². The van der Waals surface area contributed by atoms with E-state index in [1.54, 1.807) is 0 Å². The number of hydrogen-bond donors (Lipinski definition) is 2. The third kappa shape index (κ3) is 3.81. The first-order chi connectivity index (χ1) is 8.04. The monoisotopic (exact) mass is 255 g/mol. The molecule has 0 aliphatic carbocycles. The van der Waals surface area contributed by atoms with Gasteiger partial charge in [0.05, 0.1) is 16.3 Å². The van der Waals surface area contributed by atoms with Gasteiger partial charge in [0.1, 0.15) is 6.61 Å². The number of benzene rings is 1. The first-order valence-corrected chi connectivity index (χ1v) is 5.00. The largest absolute Gasteiger partial charge is 0.478 e. The molecule has 1 aromatic carbocycles. The van der Waals surface area contributed by atoms with E-state index in [9.17, 15) is 9.59 Å². The highest BCUT2D eigenvalue weighted by molar-refractivity contribution is 6.33. The molecule has 0 unspecified atom stereocenters. The Bertz CT molecular complexity index is 459. The maximum Gasteiger partial charge on any atom is 0.411 e. The first-order valence-electron chi connectivity index (χ1n) is 4.62. The number of carboxylic acids is 1. The quantitative estimate of drug-likeness (QED) is 0.811. The summed E-state index contributed by atoms with van der Waals surface area (Å²) in [5, 5.41) is 11.3.